The molecule has 6 aromatic rings. The predicted octanol–water partition coefficient (Wildman–Crippen LogP) is 10.7. The van der Waals surface area contributed by atoms with Gasteiger partial charge in [-0.15, -0.1) is 0 Å². The number of nitrogens with zero attached hydrogens (tertiary/aromatic N) is 2. The number of aliphatic imine (C=N–C) groups is 2. The van der Waals surface area contributed by atoms with Crippen LogP contribution < -0.4 is 0 Å². The third-order valence-electron chi connectivity index (χ3n) is 10.4. The molecular weight excluding hydrogens is 681 g/mol. The average Bonchev–Trinajstić information content (AvgIpc) is 3.90. The molecule has 0 aromatic heterocycles. The molecule has 276 valence electrons. The van der Waals surface area contributed by atoms with Crippen LogP contribution in [0.2, 0.25) is 0 Å². The molecule has 4 atom stereocenters. The second-order valence-electron chi connectivity index (χ2n) is 14.6. The third kappa shape index (κ3) is 8.16. The van der Waals surface area contributed by atoms with Gasteiger partial charge in [-0.05, 0) is 47.2 Å². The zero-order valence-electron chi connectivity index (χ0n) is 31.2. The topological polar surface area (TPSA) is 61.6 Å². The third-order valence-corrected chi connectivity index (χ3v) is 10.4. The van der Waals surface area contributed by atoms with Crippen molar-refractivity contribution in [2.45, 2.75) is 50.3 Å². The number of rotatable bonds is 14. The van der Waals surface area contributed by atoms with Gasteiger partial charge >= 0.3 is 0 Å². The summed E-state index contributed by atoms with van der Waals surface area (Å²) in [6.45, 7) is 4.81. The Morgan fingerprint density at radius 1 is 0.436 bits per heavy atom. The molecule has 0 N–H and O–H groups in total. The highest BCUT2D eigenvalue weighted by Gasteiger charge is 2.47. The lowest BCUT2D eigenvalue weighted by atomic mass is 9.93. The van der Waals surface area contributed by atoms with E-state index in [4.69, 9.17) is 28.9 Å². The molecular formula is C49H46N2O4. The quantitative estimate of drug-likeness (QED) is 0.112. The van der Waals surface area contributed by atoms with Gasteiger partial charge in [-0.3, -0.25) is 0 Å². The van der Waals surface area contributed by atoms with Crippen LogP contribution in [0, 0.1) is 5.41 Å². The SMILES string of the molecule is CC(C)(C1=N[C@H](c2ccccc2)[C@@H](COC(c2ccccc2)c2ccccc2)O1)C1=N[C@H](c2ccccc2)[C@@H](COC(c2ccccc2)c2ccccc2)O1. The minimum atomic E-state index is -0.778. The normalized spacial score (nSPS) is 19.5. The Bertz CT molecular complexity index is 1930. The fourth-order valence-electron chi connectivity index (χ4n) is 7.40. The van der Waals surface area contributed by atoms with Crippen LogP contribution in [0.1, 0.15) is 71.5 Å². The fraction of sp³-hybridized carbons (Fsp3) is 0.224. The van der Waals surface area contributed by atoms with Crippen molar-refractivity contribution in [1.29, 1.82) is 0 Å². The van der Waals surface area contributed by atoms with Crippen LogP contribution in [0.4, 0.5) is 0 Å². The van der Waals surface area contributed by atoms with Crippen molar-refractivity contribution in [2.75, 3.05) is 13.2 Å². The number of hydrogen-bond acceptors (Lipinski definition) is 6. The lowest BCUT2D eigenvalue weighted by molar-refractivity contribution is 0.00509. The monoisotopic (exact) mass is 726 g/mol. The van der Waals surface area contributed by atoms with Gasteiger partial charge in [-0.2, -0.15) is 0 Å². The summed E-state index contributed by atoms with van der Waals surface area (Å²) < 4.78 is 27.3. The lowest BCUT2D eigenvalue weighted by Crippen LogP contribution is -2.37. The number of ether oxygens (including phenoxy) is 4. The smallest absolute Gasteiger partial charge is 0.199 e. The van der Waals surface area contributed by atoms with Crippen LogP contribution in [-0.4, -0.2) is 37.2 Å². The molecule has 0 saturated carbocycles. The maximum absolute atomic E-state index is 6.85. The molecule has 2 aliphatic heterocycles. The molecule has 0 fully saturated rings. The molecule has 0 unspecified atom stereocenters. The van der Waals surface area contributed by atoms with Crippen LogP contribution in [0.5, 0.6) is 0 Å². The number of benzene rings is 6. The van der Waals surface area contributed by atoms with E-state index in [9.17, 15) is 0 Å². The van der Waals surface area contributed by atoms with Crippen LogP contribution in [-0.2, 0) is 18.9 Å². The Balaban J connectivity index is 1.06. The van der Waals surface area contributed by atoms with Crippen molar-refractivity contribution < 1.29 is 18.9 Å². The largest absolute Gasteiger partial charge is 0.472 e. The van der Waals surface area contributed by atoms with Gasteiger partial charge in [-0.1, -0.05) is 182 Å². The van der Waals surface area contributed by atoms with Crippen molar-refractivity contribution in [3.05, 3.63) is 215 Å². The Labute approximate surface area is 324 Å². The zero-order chi connectivity index (χ0) is 37.5. The molecule has 0 saturated heterocycles. The summed E-state index contributed by atoms with van der Waals surface area (Å²) in [6, 6.07) is 61.4. The Morgan fingerprint density at radius 2 is 0.709 bits per heavy atom. The molecule has 0 radical (unpaired) electrons. The molecule has 6 heteroatoms. The fourth-order valence-corrected chi connectivity index (χ4v) is 7.40. The average molecular weight is 727 g/mol. The van der Waals surface area contributed by atoms with Gasteiger partial charge in [0.15, 0.2) is 11.8 Å². The summed E-state index contributed by atoms with van der Waals surface area (Å²) in [7, 11) is 0. The molecule has 0 bridgehead atoms. The van der Waals surface area contributed by atoms with E-state index in [1.807, 2.05) is 109 Å². The van der Waals surface area contributed by atoms with Crippen molar-refractivity contribution in [2.24, 2.45) is 15.4 Å². The van der Waals surface area contributed by atoms with E-state index in [-0.39, 0.29) is 36.5 Å². The lowest BCUT2D eigenvalue weighted by Gasteiger charge is -2.27. The maximum Gasteiger partial charge on any atom is 0.199 e. The van der Waals surface area contributed by atoms with Gasteiger partial charge < -0.3 is 18.9 Å². The maximum atomic E-state index is 6.85. The molecule has 0 aliphatic carbocycles. The second kappa shape index (κ2) is 16.7. The zero-order valence-corrected chi connectivity index (χ0v) is 31.2. The van der Waals surface area contributed by atoms with Crippen LogP contribution >= 0.6 is 0 Å². The van der Waals surface area contributed by atoms with Gasteiger partial charge in [-0.25, -0.2) is 9.98 Å². The van der Waals surface area contributed by atoms with Crippen molar-refractivity contribution in [3.8, 4) is 0 Å². The van der Waals surface area contributed by atoms with Gasteiger partial charge in [0.1, 0.15) is 41.9 Å². The summed E-state index contributed by atoms with van der Waals surface area (Å²) >= 11 is 0. The molecule has 0 spiro atoms. The van der Waals surface area contributed by atoms with Crippen LogP contribution in [0.15, 0.2) is 192 Å². The van der Waals surface area contributed by atoms with Gasteiger partial charge in [0.2, 0.25) is 0 Å². The van der Waals surface area contributed by atoms with E-state index in [1.165, 1.54) is 0 Å². The first-order valence-electron chi connectivity index (χ1n) is 19.1. The van der Waals surface area contributed by atoms with E-state index in [0.717, 1.165) is 33.4 Å². The highest BCUT2D eigenvalue weighted by atomic mass is 16.6. The van der Waals surface area contributed by atoms with Gasteiger partial charge in [0, 0.05) is 0 Å². The number of hydrogen-bond donors (Lipinski definition) is 0. The second-order valence-corrected chi connectivity index (χ2v) is 14.6. The van der Waals surface area contributed by atoms with E-state index in [1.54, 1.807) is 0 Å². The Morgan fingerprint density at radius 3 is 1.00 bits per heavy atom. The first-order chi connectivity index (χ1) is 27.0. The highest BCUT2D eigenvalue weighted by molar-refractivity contribution is 6.05. The van der Waals surface area contributed by atoms with E-state index in [0.29, 0.717) is 25.0 Å². The summed E-state index contributed by atoms with van der Waals surface area (Å²) in [5.74, 6) is 1.15. The molecule has 2 heterocycles. The van der Waals surface area contributed by atoms with E-state index < -0.39 is 5.41 Å². The van der Waals surface area contributed by atoms with Crippen molar-refractivity contribution in [3.63, 3.8) is 0 Å². The van der Waals surface area contributed by atoms with Crippen LogP contribution in [0.3, 0.4) is 0 Å². The summed E-state index contributed by atoms with van der Waals surface area (Å²) in [5.41, 5.74) is 5.68. The van der Waals surface area contributed by atoms with E-state index >= 15 is 0 Å². The highest BCUT2D eigenvalue weighted by Crippen LogP contribution is 2.41. The van der Waals surface area contributed by atoms with Crippen LogP contribution in [0.25, 0.3) is 0 Å². The molecule has 6 aromatic carbocycles. The molecule has 0 amide bonds. The van der Waals surface area contributed by atoms with Crippen molar-refractivity contribution in [1.82, 2.24) is 0 Å². The molecule has 6 nitrogen and oxygen atoms in total. The minimum Gasteiger partial charge on any atom is -0.472 e. The first kappa shape index (κ1) is 36.2. The summed E-state index contributed by atoms with van der Waals surface area (Å²) in [6.07, 6.45) is -1.25. The Kier molecular flexibility index (Phi) is 11.0. The molecule has 2 aliphatic rings. The molecule has 8 rings (SSSR count). The summed E-state index contributed by atoms with van der Waals surface area (Å²) in [4.78, 5) is 10.6. The van der Waals surface area contributed by atoms with Gasteiger partial charge in [0.05, 0.1) is 13.2 Å². The standard InChI is InChI=1S/C49H46N2O4/c1-49(2,47-50-43(35-21-9-3-10-22-35)41(54-47)33-52-45(37-25-13-5-14-26-37)38-27-15-6-16-28-38)48-51-44(36-23-11-4-12-24-36)42(55-48)34-53-46(39-29-17-7-18-30-39)40-31-19-8-20-32-40/h3-32,41-46H,33-34H2,1-2H3/t41-,42-,43-,44-/m1/s1. The predicted molar refractivity (Wildman–Crippen MR) is 218 cm³/mol. The first-order valence-corrected chi connectivity index (χ1v) is 19.1. The van der Waals surface area contributed by atoms with Gasteiger partial charge in [0.25, 0.3) is 0 Å². The van der Waals surface area contributed by atoms with Crippen molar-refractivity contribution >= 4 is 11.8 Å². The minimum absolute atomic E-state index is 0.259. The van der Waals surface area contributed by atoms with E-state index in [2.05, 4.69) is 86.6 Å². The summed E-state index contributed by atoms with van der Waals surface area (Å²) in [5, 5.41) is 0. The Hall–Kier alpha value is -5.82. The molecule has 55 heavy (non-hydrogen) atoms.